The maximum absolute atomic E-state index is 12.1. The zero-order chi connectivity index (χ0) is 52.3. The molecule has 380 valence electrons. The molecule has 0 atom stereocenters. The number of rotatable bonds is 8. The van der Waals surface area contributed by atoms with Crippen molar-refractivity contribution in [3.63, 3.8) is 0 Å². The molecule has 0 fully saturated rings. The summed E-state index contributed by atoms with van der Waals surface area (Å²) in [6, 6.07) is 36.0. The van der Waals surface area contributed by atoms with Gasteiger partial charge in [0.15, 0.2) is 0 Å². The summed E-state index contributed by atoms with van der Waals surface area (Å²) >= 11 is 0. The van der Waals surface area contributed by atoms with Crippen molar-refractivity contribution in [1.82, 2.24) is 19.8 Å². The third-order valence-electron chi connectivity index (χ3n) is 10.1. The average molecular weight is 969 g/mol. The van der Waals surface area contributed by atoms with Crippen LogP contribution in [0.25, 0.3) is 32.4 Å². The quantitative estimate of drug-likeness (QED) is 0.136. The van der Waals surface area contributed by atoms with E-state index >= 15 is 0 Å². The van der Waals surface area contributed by atoms with E-state index in [0.717, 1.165) is 67.2 Å². The topological polar surface area (TPSA) is 114 Å². The summed E-state index contributed by atoms with van der Waals surface area (Å²) in [4.78, 5) is 24.6. The number of hydrogen-bond donors (Lipinski definition) is 0. The van der Waals surface area contributed by atoms with Gasteiger partial charge in [-0.3, -0.25) is 14.8 Å². The molecule has 3 heterocycles. The summed E-state index contributed by atoms with van der Waals surface area (Å²) in [5.41, 5.74) is 3.02. The third kappa shape index (κ3) is 17.5. The maximum atomic E-state index is 12.1. The Balaban J connectivity index is 0.000000177. The molecule has 1 aliphatic heterocycles. The largest absolute Gasteiger partial charge is 0.497 e. The summed E-state index contributed by atoms with van der Waals surface area (Å²) in [5, 5.41) is 5.48. The lowest BCUT2D eigenvalue weighted by atomic mass is 10.1. The van der Waals surface area contributed by atoms with E-state index < -0.39 is 5.60 Å². The molecule has 0 aliphatic carbocycles. The molecule has 7 aromatic rings. The number of nitrogens with zero attached hydrogens (tertiary/aromatic N) is 4. The molecule has 1 amide bonds. The van der Waals surface area contributed by atoms with Gasteiger partial charge >= 0.3 is 6.09 Å². The minimum absolute atomic E-state index is 0.149. The van der Waals surface area contributed by atoms with Crippen LogP contribution in [0.2, 0.25) is 0 Å². The van der Waals surface area contributed by atoms with Gasteiger partial charge in [-0.2, -0.15) is 0 Å². The Hall–Kier alpha value is -6.79. The predicted molar refractivity (Wildman–Crippen MR) is 288 cm³/mol. The number of pyridine rings is 2. The van der Waals surface area contributed by atoms with Crippen LogP contribution in [-0.4, -0.2) is 83.3 Å². The van der Waals surface area contributed by atoms with Crippen molar-refractivity contribution in [1.29, 1.82) is 0 Å². The molecule has 12 heteroatoms. The number of ether oxygens (including phenoxy) is 7. The first-order valence-electron chi connectivity index (χ1n) is 24.0. The number of carbonyl (C=O) groups excluding carboxylic acids is 1. The van der Waals surface area contributed by atoms with Gasteiger partial charge < -0.3 is 33.2 Å². The lowest BCUT2D eigenvalue weighted by Gasteiger charge is -2.24. The minimum Gasteiger partial charge on any atom is -0.497 e. The zero-order valence-corrected chi connectivity index (χ0v) is 45.1. The summed E-state index contributed by atoms with van der Waals surface area (Å²) in [7, 11) is 7.23. The monoisotopic (exact) mass is 969 g/mol. The molecule has 0 spiro atoms. The van der Waals surface area contributed by atoms with Crippen molar-refractivity contribution >= 4 is 38.5 Å². The van der Waals surface area contributed by atoms with Gasteiger partial charge in [-0.05, 0) is 181 Å². The van der Waals surface area contributed by atoms with Crippen molar-refractivity contribution in [3.8, 4) is 34.6 Å². The maximum Gasteiger partial charge on any atom is 0.410 e. The molecule has 0 bridgehead atoms. The van der Waals surface area contributed by atoms with E-state index in [-0.39, 0.29) is 22.9 Å². The van der Waals surface area contributed by atoms with E-state index in [4.69, 9.17) is 33.2 Å². The van der Waals surface area contributed by atoms with Crippen LogP contribution < -0.4 is 28.4 Å². The van der Waals surface area contributed by atoms with Gasteiger partial charge in [0.2, 0.25) is 5.88 Å². The average Bonchev–Trinajstić information content (AvgIpc) is 3.71. The summed E-state index contributed by atoms with van der Waals surface area (Å²) in [6.07, 6.45) is 1.48. The van der Waals surface area contributed by atoms with E-state index in [0.29, 0.717) is 25.7 Å². The number of hydrogen-bond acceptors (Lipinski definition) is 11. The number of benzene rings is 5. The molecule has 1 aliphatic rings. The molecule has 5 aromatic carbocycles. The second-order valence-corrected chi connectivity index (χ2v) is 21.6. The van der Waals surface area contributed by atoms with Crippen LogP contribution in [0, 0.1) is 6.92 Å². The Morgan fingerprint density at radius 2 is 1.17 bits per heavy atom. The second kappa shape index (κ2) is 23.4. The Kier molecular flexibility index (Phi) is 18.2. The summed E-state index contributed by atoms with van der Waals surface area (Å²) < 4.78 is 39.2. The first-order valence-corrected chi connectivity index (χ1v) is 24.0. The molecular formula is C59H76N4O8. The Morgan fingerprint density at radius 1 is 0.577 bits per heavy atom. The SMILES string of the molecule is CC(C)(C)Oc1cccc2ccccc12.CN(C)COc1ccc2c(c1)CN(C(=O)OC(C)(C)C)C2.COc1ccc2c(OC(C)(C)C)cc(C)nc2c1.COc1ccc2c(OC(C)(C)C)nccc2c1. The zero-order valence-electron chi connectivity index (χ0n) is 45.1. The van der Waals surface area contributed by atoms with Crippen LogP contribution in [0.1, 0.15) is 99.9 Å². The van der Waals surface area contributed by atoms with Gasteiger partial charge in [-0.25, -0.2) is 9.78 Å². The van der Waals surface area contributed by atoms with Gasteiger partial charge in [0, 0.05) is 53.3 Å². The lowest BCUT2D eigenvalue weighted by molar-refractivity contribution is 0.0241. The van der Waals surface area contributed by atoms with Crippen molar-refractivity contribution in [2.75, 3.05) is 35.0 Å². The Labute approximate surface area is 422 Å². The standard InChI is InChI=1S/C16H24N2O3.C15H19NO2.C14H17NO2.C14H16O/c1-16(2,3)21-15(19)18-9-12-6-7-14(8-13(12)10-18)20-11-17(4)5;1-10-8-14(18-15(2,3)4)12-7-6-11(17-5)9-13(12)16-10;1-14(2,3)17-13-12-6-5-11(16-4)9-10(12)7-8-15-13;1-14(2,3)15-13-10-6-8-11-7-4-5-9-12(11)13/h6-8H,9-11H2,1-5H3;6-9H,1-5H3;5-9H,1-4H3;4-10H,1-3H3. The van der Waals surface area contributed by atoms with E-state index in [1.54, 1.807) is 25.3 Å². The number of fused-ring (bicyclic) bond motifs is 4. The summed E-state index contributed by atoms with van der Waals surface area (Å²) in [6.45, 7) is 27.6. The molecule has 71 heavy (non-hydrogen) atoms. The van der Waals surface area contributed by atoms with Crippen LogP contribution in [-0.2, 0) is 17.8 Å². The van der Waals surface area contributed by atoms with Crippen LogP contribution >= 0.6 is 0 Å². The molecule has 0 N–H and O–H groups in total. The van der Waals surface area contributed by atoms with Gasteiger partial charge in [0.1, 0.15) is 57.9 Å². The van der Waals surface area contributed by atoms with Crippen LogP contribution in [0.3, 0.4) is 0 Å². The fraction of sp³-hybridized carbons (Fsp3) is 0.407. The number of amides is 1. The lowest BCUT2D eigenvalue weighted by Crippen LogP contribution is -2.33. The highest BCUT2D eigenvalue weighted by Crippen LogP contribution is 2.33. The van der Waals surface area contributed by atoms with E-state index in [9.17, 15) is 4.79 Å². The van der Waals surface area contributed by atoms with Crippen molar-refractivity contribution in [3.05, 3.63) is 132 Å². The Bertz CT molecular complexity index is 2860. The van der Waals surface area contributed by atoms with Crippen molar-refractivity contribution in [2.24, 2.45) is 0 Å². The molecule has 0 saturated carbocycles. The smallest absolute Gasteiger partial charge is 0.410 e. The number of aryl methyl sites for hydroxylation is 1. The predicted octanol–water partition coefficient (Wildman–Crippen LogP) is 14.0. The number of aromatic nitrogens is 2. The third-order valence-corrected chi connectivity index (χ3v) is 10.1. The van der Waals surface area contributed by atoms with Crippen LogP contribution in [0.15, 0.2) is 115 Å². The second-order valence-electron chi connectivity index (χ2n) is 21.6. The molecule has 0 saturated heterocycles. The first kappa shape index (κ1) is 55.1. The van der Waals surface area contributed by atoms with Gasteiger partial charge in [-0.15, -0.1) is 0 Å². The molecule has 2 aromatic heterocycles. The number of methoxy groups -OCH3 is 2. The minimum atomic E-state index is -0.466. The highest BCUT2D eigenvalue weighted by Gasteiger charge is 2.28. The Morgan fingerprint density at radius 3 is 1.80 bits per heavy atom. The molecule has 0 unspecified atom stereocenters. The first-order chi connectivity index (χ1) is 33.2. The van der Waals surface area contributed by atoms with E-state index in [1.807, 2.05) is 179 Å². The molecular weight excluding hydrogens is 893 g/mol. The van der Waals surface area contributed by atoms with Crippen molar-refractivity contribution < 1.29 is 38.0 Å². The molecule has 0 radical (unpaired) electrons. The van der Waals surface area contributed by atoms with E-state index in [2.05, 4.69) is 48.9 Å². The van der Waals surface area contributed by atoms with Crippen LogP contribution in [0.5, 0.6) is 34.6 Å². The highest BCUT2D eigenvalue weighted by atomic mass is 16.6. The normalized spacial score (nSPS) is 12.4. The molecule has 8 rings (SSSR count). The summed E-state index contributed by atoms with van der Waals surface area (Å²) in [5.74, 6) is 4.96. The molecule has 12 nitrogen and oxygen atoms in total. The van der Waals surface area contributed by atoms with E-state index in [1.165, 1.54) is 10.8 Å². The number of carbonyl (C=O) groups is 1. The fourth-order valence-corrected chi connectivity index (χ4v) is 7.20. The van der Waals surface area contributed by atoms with Gasteiger partial charge in [-0.1, -0.05) is 42.5 Å². The highest BCUT2D eigenvalue weighted by molar-refractivity contribution is 5.89. The van der Waals surface area contributed by atoms with Crippen molar-refractivity contribution in [2.45, 2.75) is 126 Å². The van der Waals surface area contributed by atoms with Gasteiger partial charge in [0.25, 0.3) is 0 Å². The van der Waals surface area contributed by atoms with Crippen LogP contribution in [0.4, 0.5) is 4.79 Å². The fourth-order valence-electron chi connectivity index (χ4n) is 7.20. The van der Waals surface area contributed by atoms with Gasteiger partial charge in [0.05, 0.1) is 19.7 Å².